The first kappa shape index (κ1) is 14.1. The van der Waals surface area contributed by atoms with Crippen LogP contribution < -0.4 is 5.73 Å². The van der Waals surface area contributed by atoms with Crippen molar-refractivity contribution in [1.29, 1.82) is 0 Å². The molecular weight excluding hydrogens is 310 g/mol. The molecule has 4 heteroatoms. The van der Waals surface area contributed by atoms with Gasteiger partial charge in [-0.3, -0.25) is 4.21 Å². The molecule has 0 spiro atoms. The van der Waals surface area contributed by atoms with E-state index in [4.69, 9.17) is 5.73 Å². The second kappa shape index (κ2) is 6.20. The summed E-state index contributed by atoms with van der Waals surface area (Å²) >= 11 is 3.43. The molecule has 1 aromatic rings. The van der Waals surface area contributed by atoms with Crippen LogP contribution in [0.25, 0.3) is 0 Å². The maximum absolute atomic E-state index is 12.8. The standard InChI is InChI=1S/C14H20BrNOS/c1-2-10-5-3-4-6-13(10)18(17)14-9-11(15)7-8-12(14)16/h7-10,13H,2-6,16H2,1H3. The molecule has 0 radical (unpaired) electrons. The Morgan fingerprint density at radius 1 is 1.39 bits per heavy atom. The smallest absolute Gasteiger partial charge is 0.0631 e. The minimum atomic E-state index is -0.977. The Bertz CT molecular complexity index is 449. The summed E-state index contributed by atoms with van der Waals surface area (Å²) < 4.78 is 13.7. The number of rotatable bonds is 3. The van der Waals surface area contributed by atoms with Crippen molar-refractivity contribution in [2.75, 3.05) is 5.73 Å². The molecule has 0 bridgehead atoms. The molecule has 3 unspecified atom stereocenters. The highest BCUT2D eigenvalue weighted by Crippen LogP contribution is 2.34. The van der Waals surface area contributed by atoms with Gasteiger partial charge in [-0.05, 0) is 37.0 Å². The highest BCUT2D eigenvalue weighted by Gasteiger charge is 2.30. The topological polar surface area (TPSA) is 43.1 Å². The number of hydrogen-bond acceptors (Lipinski definition) is 2. The summed E-state index contributed by atoms with van der Waals surface area (Å²) in [5, 5.41) is 0.278. The summed E-state index contributed by atoms with van der Waals surface area (Å²) in [7, 11) is -0.977. The Morgan fingerprint density at radius 2 is 2.11 bits per heavy atom. The molecule has 2 rings (SSSR count). The van der Waals surface area contributed by atoms with Gasteiger partial charge in [0.1, 0.15) is 0 Å². The molecule has 0 amide bonds. The van der Waals surface area contributed by atoms with Crippen molar-refractivity contribution in [2.45, 2.75) is 49.2 Å². The van der Waals surface area contributed by atoms with E-state index >= 15 is 0 Å². The first-order chi connectivity index (χ1) is 8.63. The van der Waals surface area contributed by atoms with E-state index in [0.29, 0.717) is 11.6 Å². The van der Waals surface area contributed by atoms with Gasteiger partial charge in [-0.25, -0.2) is 0 Å². The van der Waals surface area contributed by atoms with Crippen molar-refractivity contribution >= 4 is 32.4 Å². The molecule has 3 atom stereocenters. The third kappa shape index (κ3) is 2.97. The predicted octanol–water partition coefficient (Wildman–Crippen LogP) is 4.11. The summed E-state index contributed by atoms with van der Waals surface area (Å²) in [6.07, 6.45) is 5.86. The molecule has 2 N–H and O–H groups in total. The van der Waals surface area contributed by atoms with Crippen LogP contribution in [-0.4, -0.2) is 9.46 Å². The van der Waals surface area contributed by atoms with Crippen molar-refractivity contribution < 1.29 is 4.21 Å². The minimum Gasteiger partial charge on any atom is -0.398 e. The highest BCUT2D eigenvalue weighted by molar-refractivity contribution is 9.10. The molecule has 1 fully saturated rings. The summed E-state index contributed by atoms with van der Waals surface area (Å²) in [4.78, 5) is 0.801. The Morgan fingerprint density at radius 3 is 2.83 bits per heavy atom. The Kier molecular flexibility index (Phi) is 4.84. The minimum absolute atomic E-state index is 0.278. The van der Waals surface area contributed by atoms with Crippen LogP contribution in [0.4, 0.5) is 5.69 Å². The van der Waals surface area contributed by atoms with Crippen molar-refractivity contribution in [1.82, 2.24) is 0 Å². The van der Waals surface area contributed by atoms with E-state index in [2.05, 4.69) is 22.9 Å². The SMILES string of the molecule is CCC1CCCCC1S(=O)c1cc(Br)ccc1N. The van der Waals surface area contributed by atoms with Gasteiger partial charge in [-0.2, -0.15) is 0 Å². The van der Waals surface area contributed by atoms with Gasteiger partial charge in [0.15, 0.2) is 0 Å². The van der Waals surface area contributed by atoms with Gasteiger partial charge < -0.3 is 5.73 Å². The molecule has 1 aliphatic rings. The molecule has 1 aliphatic carbocycles. The van der Waals surface area contributed by atoms with Crippen molar-refractivity contribution in [3.8, 4) is 0 Å². The van der Waals surface area contributed by atoms with Crippen LogP contribution in [0.2, 0.25) is 0 Å². The summed E-state index contributed by atoms with van der Waals surface area (Å²) in [6, 6.07) is 5.64. The third-order valence-corrected chi connectivity index (χ3v) is 6.28. The van der Waals surface area contributed by atoms with Gasteiger partial charge >= 0.3 is 0 Å². The van der Waals surface area contributed by atoms with Gasteiger partial charge in [0.2, 0.25) is 0 Å². The van der Waals surface area contributed by atoms with Gasteiger partial charge in [-0.15, -0.1) is 0 Å². The van der Waals surface area contributed by atoms with E-state index in [1.807, 2.05) is 18.2 Å². The Balaban J connectivity index is 2.26. The summed E-state index contributed by atoms with van der Waals surface area (Å²) in [5.41, 5.74) is 6.62. The second-order valence-corrected chi connectivity index (χ2v) is 7.53. The van der Waals surface area contributed by atoms with Gasteiger partial charge in [0.05, 0.1) is 15.7 Å². The second-order valence-electron chi connectivity index (χ2n) is 4.97. The van der Waals surface area contributed by atoms with Crippen LogP contribution in [0.1, 0.15) is 39.0 Å². The van der Waals surface area contributed by atoms with Crippen LogP contribution in [0.15, 0.2) is 27.6 Å². The maximum Gasteiger partial charge on any atom is 0.0631 e. The van der Waals surface area contributed by atoms with E-state index in [9.17, 15) is 4.21 Å². The Hall–Kier alpha value is -0.350. The van der Waals surface area contributed by atoms with Crippen molar-refractivity contribution in [3.05, 3.63) is 22.7 Å². The largest absolute Gasteiger partial charge is 0.398 e. The average Bonchev–Trinajstić information content (AvgIpc) is 2.40. The summed E-state index contributed by atoms with van der Waals surface area (Å²) in [6.45, 7) is 2.20. The van der Waals surface area contributed by atoms with Crippen LogP contribution in [-0.2, 0) is 10.8 Å². The molecule has 0 aromatic heterocycles. The highest BCUT2D eigenvalue weighted by atomic mass is 79.9. The fourth-order valence-electron chi connectivity index (χ4n) is 2.77. The quantitative estimate of drug-likeness (QED) is 0.848. The van der Waals surface area contributed by atoms with Crippen LogP contribution in [0.3, 0.4) is 0 Å². The molecule has 100 valence electrons. The van der Waals surface area contributed by atoms with E-state index in [0.717, 1.165) is 22.2 Å². The zero-order valence-corrected chi connectivity index (χ0v) is 13.1. The molecule has 1 saturated carbocycles. The normalized spacial score (nSPS) is 25.9. The lowest BCUT2D eigenvalue weighted by molar-refractivity contribution is 0.355. The fourth-order valence-corrected chi connectivity index (χ4v) is 5.21. The van der Waals surface area contributed by atoms with E-state index in [-0.39, 0.29) is 5.25 Å². The number of benzene rings is 1. The first-order valence-corrected chi connectivity index (χ1v) is 8.59. The lowest BCUT2D eigenvalue weighted by atomic mass is 9.87. The zero-order chi connectivity index (χ0) is 13.1. The summed E-state index contributed by atoms with van der Waals surface area (Å²) in [5.74, 6) is 0.581. The molecule has 2 nitrogen and oxygen atoms in total. The Labute approximate surface area is 120 Å². The molecule has 0 heterocycles. The number of nitrogens with two attached hydrogens (primary N) is 1. The lowest BCUT2D eigenvalue weighted by Crippen LogP contribution is -2.29. The fraction of sp³-hybridized carbons (Fsp3) is 0.571. The maximum atomic E-state index is 12.8. The predicted molar refractivity (Wildman–Crippen MR) is 81.0 cm³/mol. The number of halogens is 1. The van der Waals surface area contributed by atoms with E-state index < -0.39 is 10.8 Å². The number of anilines is 1. The average molecular weight is 330 g/mol. The van der Waals surface area contributed by atoms with Gasteiger partial charge in [0, 0.05) is 15.4 Å². The number of hydrogen-bond donors (Lipinski definition) is 1. The van der Waals surface area contributed by atoms with Gasteiger partial charge in [-0.1, -0.05) is 42.1 Å². The van der Waals surface area contributed by atoms with Crippen LogP contribution in [0.5, 0.6) is 0 Å². The van der Waals surface area contributed by atoms with E-state index in [1.54, 1.807) is 0 Å². The molecule has 1 aromatic carbocycles. The van der Waals surface area contributed by atoms with E-state index in [1.165, 1.54) is 19.3 Å². The first-order valence-electron chi connectivity index (χ1n) is 6.59. The molecular formula is C14H20BrNOS. The number of nitrogen functional groups attached to an aromatic ring is 1. The monoisotopic (exact) mass is 329 g/mol. The lowest BCUT2D eigenvalue weighted by Gasteiger charge is -2.30. The molecule has 0 saturated heterocycles. The molecule has 18 heavy (non-hydrogen) atoms. The van der Waals surface area contributed by atoms with Crippen molar-refractivity contribution in [3.63, 3.8) is 0 Å². The van der Waals surface area contributed by atoms with Crippen LogP contribution in [0, 0.1) is 5.92 Å². The molecule has 0 aliphatic heterocycles. The third-order valence-electron chi connectivity index (χ3n) is 3.83. The van der Waals surface area contributed by atoms with Crippen molar-refractivity contribution in [2.24, 2.45) is 5.92 Å². The van der Waals surface area contributed by atoms with Crippen LogP contribution >= 0.6 is 15.9 Å². The van der Waals surface area contributed by atoms with Gasteiger partial charge in [0.25, 0.3) is 0 Å². The zero-order valence-electron chi connectivity index (χ0n) is 10.7.